The van der Waals surface area contributed by atoms with E-state index >= 15 is 0 Å². The van der Waals surface area contributed by atoms with Gasteiger partial charge in [-0.15, -0.1) is 0 Å². The Balaban J connectivity index is 2.54. The van der Waals surface area contributed by atoms with E-state index in [1.807, 2.05) is 6.92 Å². The summed E-state index contributed by atoms with van der Waals surface area (Å²) in [5, 5.41) is 0. The van der Waals surface area contributed by atoms with Crippen LogP contribution in [0.5, 0.6) is 0 Å². The molecule has 1 aliphatic heterocycles. The van der Waals surface area contributed by atoms with Crippen molar-refractivity contribution in [3.05, 3.63) is 0 Å². The number of nitrogens with two attached hydrogens (primary N) is 1. The summed E-state index contributed by atoms with van der Waals surface area (Å²) in [5.74, 6) is 0.649. The topological polar surface area (TPSA) is 63.4 Å². The van der Waals surface area contributed by atoms with Crippen LogP contribution in [-0.4, -0.2) is 38.1 Å². The molecule has 0 saturated carbocycles. The van der Waals surface area contributed by atoms with Crippen LogP contribution in [0.2, 0.25) is 0 Å². The van der Waals surface area contributed by atoms with Gasteiger partial charge in [0.1, 0.15) is 0 Å². The molecule has 90 valence electrons. The van der Waals surface area contributed by atoms with Crippen molar-refractivity contribution in [3.63, 3.8) is 0 Å². The molecule has 0 aromatic carbocycles. The van der Waals surface area contributed by atoms with E-state index < -0.39 is 10.0 Å². The molecule has 1 aliphatic rings. The van der Waals surface area contributed by atoms with E-state index in [1.165, 1.54) is 0 Å². The first-order chi connectivity index (χ1) is 7.10. The molecule has 0 bridgehead atoms. The molecule has 1 atom stereocenters. The number of sulfonamides is 1. The third-order valence-corrected chi connectivity index (χ3v) is 4.89. The molecule has 1 fully saturated rings. The highest BCUT2D eigenvalue weighted by Gasteiger charge is 2.27. The molecular formula is C10H22N2O2S. The molecule has 0 aromatic rings. The highest BCUT2D eigenvalue weighted by atomic mass is 32.2. The summed E-state index contributed by atoms with van der Waals surface area (Å²) in [6.07, 6.45) is 3.70. The average molecular weight is 234 g/mol. The summed E-state index contributed by atoms with van der Waals surface area (Å²) in [7, 11) is -3.01. The Labute approximate surface area is 92.9 Å². The SMILES string of the molecule is CCCCS(=O)(=O)N1CCCC(CN)C1. The monoisotopic (exact) mass is 234 g/mol. The fraction of sp³-hybridized carbons (Fsp3) is 1.00. The van der Waals surface area contributed by atoms with E-state index in [0.717, 1.165) is 25.7 Å². The molecular weight excluding hydrogens is 212 g/mol. The molecule has 1 unspecified atom stereocenters. The predicted octanol–water partition coefficient (Wildman–Crippen LogP) is 0.787. The normalized spacial score (nSPS) is 24.3. The van der Waals surface area contributed by atoms with Gasteiger partial charge in [-0.1, -0.05) is 13.3 Å². The van der Waals surface area contributed by atoms with E-state index in [1.54, 1.807) is 4.31 Å². The largest absolute Gasteiger partial charge is 0.330 e. The first-order valence-corrected chi connectivity index (χ1v) is 7.39. The second-order valence-corrected chi connectivity index (χ2v) is 6.36. The minimum Gasteiger partial charge on any atom is -0.330 e. The Morgan fingerprint density at radius 2 is 2.20 bits per heavy atom. The summed E-state index contributed by atoms with van der Waals surface area (Å²) >= 11 is 0. The maximum absolute atomic E-state index is 11.9. The van der Waals surface area contributed by atoms with Crippen molar-refractivity contribution in [1.29, 1.82) is 0 Å². The Morgan fingerprint density at radius 1 is 1.47 bits per heavy atom. The molecule has 0 aliphatic carbocycles. The van der Waals surface area contributed by atoms with Gasteiger partial charge >= 0.3 is 0 Å². The van der Waals surface area contributed by atoms with E-state index in [-0.39, 0.29) is 0 Å². The zero-order valence-electron chi connectivity index (χ0n) is 9.48. The van der Waals surface area contributed by atoms with Gasteiger partial charge in [-0.25, -0.2) is 12.7 Å². The van der Waals surface area contributed by atoms with Crippen LogP contribution in [-0.2, 0) is 10.0 Å². The summed E-state index contributed by atoms with van der Waals surface area (Å²) in [6.45, 7) is 3.92. The van der Waals surface area contributed by atoms with Gasteiger partial charge in [-0.3, -0.25) is 0 Å². The number of piperidine rings is 1. The molecule has 2 N–H and O–H groups in total. The molecule has 0 spiro atoms. The fourth-order valence-electron chi connectivity index (χ4n) is 1.93. The summed E-state index contributed by atoms with van der Waals surface area (Å²) in [5.41, 5.74) is 5.59. The second kappa shape index (κ2) is 5.82. The lowest BCUT2D eigenvalue weighted by Crippen LogP contribution is -2.42. The zero-order chi connectivity index (χ0) is 11.3. The van der Waals surface area contributed by atoms with Crippen molar-refractivity contribution < 1.29 is 8.42 Å². The van der Waals surface area contributed by atoms with Gasteiger partial charge in [0.05, 0.1) is 5.75 Å². The third kappa shape index (κ3) is 3.74. The Hall–Kier alpha value is -0.130. The van der Waals surface area contributed by atoms with Gasteiger partial charge in [-0.05, 0) is 31.7 Å². The lowest BCUT2D eigenvalue weighted by atomic mass is 10.0. The number of hydrogen-bond donors (Lipinski definition) is 1. The van der Waals surface area contributed by atoms with E-state index in [4.69, 9.17) is 5.73 Å². The molecule has 1 rings (SSSR count). The van der Waals surface area contributed by atoms with Crippen LogP contribution in [0.25, 0.3) is 0 Å². The maximum atomic E-state index is 11.9. The van der Waals surface area contributed by atoms with Crippen molar-refractivity contribution >= 4 is 10.0 Å². The van der Waals surface area contributed by atoms with Crippen LogP contribution in [0.3, 0.4) is 0 Å². The number of rotatable bonds is 5. The summed E-state index contributed by atoms with van der Waals surface area (Å²) in [6, 6.07) is 0. The van der Waals surface area contributed by atoms with Crippen LogP contribution in [0, 0.1) is 5.92 Å². The molecule has 1 saturated heterocycles. The first kappa shape index (κ1) is 12.9. The van der Waals surface area contributed by atoms with Crippen molar-refractivity contribution in [2.45, 2.75) is 32.6 Å². The van der Waals surface area contributed by atoms with Crippen LogP contribution in [0.15, 0.2) is 0 Å². The summed E-state index contributed by atoms with van der Waals surface area (Å²) < 4.78 is 25.4. The van der Waals surface area contributed by atoms with Crippen molar-refractivity contribution in [1.82, 2.24) is 4.31 Å². The molecule has 15 heavy (non-hydrogen) atoms. The van der Waals surface area contributed by atoms with Gasteiger partial charge in [0.15, 0.2) is 0 Å². The standard InChI is InChI=1S/C10H22N2O2S/c1-2-3-7-15(13,14)12-6-4-5-10(8-11)9-12/h10H,2-9,11H2,1H3. The van der Waals surface area contributed by atoms with Crippen molar-refractivity contribution in [2.24, 2.45) is 11.7 Å². The molecule has 1 heterocycles. The van der Waals surface area contributed by atoms with Crippen LogP contribution in [0.4, 0.5) is 0 Å². The quantitative estimate of drug-likeness (QED) is 0.765. The highest BCUT2D eigenvalue weighted by Crippen LogP contribution is 2.18. The molecule has 0 amide bonds. The van der Waals surface area contributed by atoms with Gasteiger partial charge in [0.25, 0.3) is 0 Å². The zero-order valence-corrected chi connectivity index (χ0v) is 10.3. The van der Waals surface area contributed by atoms with E-state index in [2.05, 4.69) is 0 Å². The average Bonchev–Trinajstić information content (AvgIpc) is 2.26. The van der Waals surface area contributed by atoms with Gasteiger partial charge < -0.3 is 5.73 Å². The minimum absolute atomic E-state index is 0.292. The molecule has 5 heteroatoms. The minimum atomic E-state index is -3.01. The lowest BCUT2D eigenvalue weighted by molar-refractivity contribution is 0.271. The highest BCUT2D eigenvalue weighted by molar-refractivity contribution is 7.89. The molecule has 0 aromatic heterocycles. The fourth-order valence-corrected chi connectivity index (χ4v) is 3.68. The predicted molar refractivity (Wildman–Crippen MR) is 62.0 cm³/mol. The number of nitrogens with zero attached hydrogens (tertiary/aromatic N) is 1. The number of hydrogen-bond acceptors (Lipinski definition) is 3. The van der Waals surface area contributed by atoms with E-state index in [9.17, 15) is 8.42 Å². The molecule has 0 radical (unpaired) electrons. The second-order valence-electron chi connectivity index (χ2n) is 4.27. The smallest absolute Gasteiger partial charge is 0.214 e. The van der Waals surface area contributed by atoms with Crippen LogP contribution < -0.4 is 5.73 Å². The Bertz CT molecular complexity index is 277. The lowest BCUT2D eigenvalue weighted by Gasteiger charge is -2.31. The van der Waals surface area contributed by atoms with Crippen molar-refractivity contribution in [3.8, 4) is 0 Å². The molecule has 4 nitrogen and oxygen atoms in total. The third-order valence-electron chi connectivity index (χ3n) is 2.96. The van der Waals surface area contributed by atoms with E-state index in [0.29, 0.717) is 31.3 Å². The first-order valence-electron chi connectivity index (χ1n) is 5.78. The maximum Gasteiger partial charge on any atom is 0.214 e. The van der Waals surface area contributed by atoms with Gasteiger partial charge in [0.2, 0.25) is 10.0 Å². The van der Waals surface area contributed by atoms with Crippen LogP contribution >= 0.6 is 0 Å². The van der Waals surface area contributed by atoms with Crippen LogP contribution in [0.1, 0.15) is 32.6 Å². The van der Waals surface area contributed by atoms with Gasteiger partial charge in [0, 0.05) is 13.1 Å². The Morgan fingerprint density at radius 3 is 2.80 bits per heavy atom. The van der Waals surface area contributed by atoms with Crippen molar-refractivity contribution in [2.75, 3.05) is 25.4 Å². The summed E-state index contributed by atoms with van der Waals surface area (Å²) in [4.78, 5) is 0. The van der Waals surface area contributed by atoms with Gasteiger partial charge in [-0.2, -0.15) is 0 Å². The number of unbranched alkanes of at least 4 members (excludes halogenated alkanes) is 1. The Kier molecular flexibility index (Phi) is 5.02.